The lowest BCUT2D eigenvalue weighted by Crippen LogP contribution is -2.36. The van der Waals surface area contributed by atoms with Crippen molar-refractivity contribution in [1.29, 1.82) is 0 Å². The van der Waals surface area contributed by atoms with Crippen molar-refractivity contribution in [3.8, 4) is 0 Å². The van der Waals surface area contributed by atoms with Gasteiger partial charge in [0.2, 0.25) is 0 Å². The van der Waals surface area contributed by atoms with Crippen LogP contribution in [0, 0.1) is 5.92 Å². The van der Waals surface area contributed by atoms with E-state index in [2.05, 4.69) is 5.32 Å². The molecule has 2 unspecified atom stereocenters. The van der Waals surface area contributed by atoms with Gasteiger partial charge in [-0.05, 0) is 12.8 Å². The smallest absolute Gasteiger partial charge is 0.0698 e. The summed E-state index contributed by atoms with van der Waals surface area (Å²) < 4.78 is 5.07. The van der Waals surface area contributed by atoms with Gasteiger partial charge in [0.1, 0.15) is 0 Å². The van der Waals surface area contributed by atoms with Crippen LogP contribution in [0.4, 0.5) is 0 Å². The highest BCUT2D eigenvalue weighted by Crippen LogP contribution is 1.99. The van der Waals surface area contributed by atoms with E-state index in [4.69, 9.17) is 14.9 Å². The summed E-state index contributed by atoms with van der Waals surface area (Å²) in [6.07, 6.45) is 0. The molecule has 0 aromatic heterocycles. The molecular weight excluding hydrogens is 170 g/mol. The zero-order chi connectivity index (χ0) is 10.1. The average Bonchev–Trinajstić information content (AvgIpc) is 2.16. The molecule has 0 radical (unpaired) electrons. The molecule has 3 N–H and O–H groups in total. The second kappa shape index (κ2) is 8.44. The van der Waals surface area contributed by atoms with Crippen LogP contribution in [0.1, 0.15) is 13.8 Å². The average molecular weight is 191 g/mol. The fourth-order valence-corrected chi connectivity index (χ4v) is 0.885. The van der Waals surface area contributed by atoms with E-state index in [0.29, 0.717) is 19.3 Å². The molecule has 0 aromatic carbocycles. The summed E-state index contributed by atoms with van der Waals surface area (Å²) in [5, 5.41) is 20.5. The monoisotopic (exact) mass is 191 g/mol. The number of ether oxygens (including phenoxy) is 1. The van der Waals surface area contributed by atoms with E-state index in [1.165, 1.54) is 0 Å². The zero-order valence-electron chi connectivity index (χ0n) is 8.49. The van der Waals surface area contributed by atoms with Gasteiger partial charge in [-0.25, -0.2) is 0 Å². The van der Waals surface area contributed by atoms with Crippen molar-refractivity contribution in [1.82, 2.24) is 5.32 Å². The highest BCUT2D eigenvalue weighted by molar-refractivity contribution is 4.66. The third-order valence-electron chi connectivity index (χ3n) is 2.09. The maximum atomic E-state index is 8.84. The second-order valence-corrected chi connectivity index (χ2v) is 3.24. The van der Waals surface area contributed by atoms with Gasteiger partial charge >= 0.3 is 0 Å². The zero-order valence-corrected chi connectivity index (χ0v) is 8.49. The Morgan fingerprint density at radius 3 is 2.46 bits per heavy atom. The Hall–Kier alpha value is -0.160. The van der Waals surface area contributed by atoms with Crippen LogP contribution in [0.15, 0.2) is 0 Å². The maximum Gasteiger partial charge on any atom is 0.0698 e. The van der Waals surface area contributed by atoms with Crippen LogP contribution in [-0.2, 0) is 4.74 Å². The van der Waals surface area contributed by atoms with Crippen molar-refractivity contribution in [3.63, 3.8) is 0 Å². The van der Waals surface area contributed by atoms with Crippen LogP contribution in [-0.4, -0.2) is 49.2 Å². The molecule has 0 heterocycles. The van der Waals surface area contributed by atoms with Crippen molar-refractivity contribution in [2.24, 2.45) is 5.92 Å². The molecule has 4 heteroatoms. The van der Waals surface area contributed by atoms with E-state index in [0.717, 1.165) is 6.54 Å². The van der Waals surface area contributed by atoms with Gasteiger partial charge in [-0.15, -0.1) is 0 Å². The lowest BCUT2D eigenvalue weighted by Gasteiger charge is -2.18. The van der Waals surface area contributed by atoms with E-state index in [1.54, 1.807) is 0 Å². The van der Waals surface area contributed by atoms with Crippen LogP contribution >= 0.6 is 0 Å². The molecule has 0 aliphatic carbocycles. The lowest BCUT2D eigenvalue weighted by molar-refractivity contribution is 0.0907. The third kappa shape index (κ3) is 6.95. The van der Waals surface area contributed by atoms with E-state index in [9.17, 15) is 0 Å². The fraction of sp³-hybridized carbons (Fsp3) is 1.00. The largest absolute Gasteiger partial charge is 0.396 e. The van der Waals surface area contributed by atoms with Crippen molar-refractivity contribution in [3.05, 3.63) is 0 Å². The first-order chi connectivity index (χ1) is 6.22. The predicted molar refractivity (Wildman–Crippen MR) is 51.6 cm³/mol. The summed E-state index contributed by atoms with van der Waals surface area (Å²) in [4.78, 5) is 0. The first-order valence-electron chi connectivity index (χ1n) is 4.75. The summed E-state index contributed by atoms with van der Waals surface area (Å²) in [6.45, 7) is 6.05. The standard InChI is InChI=1S/C9H21NO3/c1-8(7-12)9(2)10-3-5-13-6-4-11/h8-12H,3-7H2,1-2H3. The van der Waals surface area contributed by atoms with Gasteiger partial charge in [-0.1, -0.05) is 6.92 Å². The molecule has 0 saturated heterocycles. The number of aliphatic hydroxyl groups excluding tert-OH is 2. The summed E-state index contributed by atoms with van der Waals surface area (Å²) in [5.41, 5.74) is 0. The van der Waals surface area contributed by atoms with Crippen molar-refractivity contribution < 1.29 is 14.9 Å². The van der Waals surface area contributed by atoms with Crippen LogP contribution in [0.3, 0.4) is 0 Å². The lowest BCUT2D eigenvalue weighted by atomic mass is 10.1. The van der Waals surface area contributed by atoms with Gasteiger partial charge in [0.25, 0.3) is 0 Å². The van der Waals surface area contributed by atoms with Gasteiger partial charge in [0.15, 0.2) is 0 Å². The van der Waals surface area contributed by atoms with Crippen LogP contribution in [0.25, 0.3) is 0 Å². The Morgan fingerprint density at radius 1 is 1.23 bits per heavy atom. The maximum absolute atomic E-state index is 8.84. The van der Waals surface area contributed by atoms with E-state index >= 15 is 0 Å². The molecule has 0 bridgehead atoms. The van der Waals surface area contributed by atoms with Crippen molar-refractivity contribution in [2.75, 3.05) is 33.0 Å². The highest BCUT2D eigenvalue weighted by Gasteiger charge is 2.08. The molecule has 0 saturated carbocycles. The minimum absolute atomic E-state index is 0.0720. The van der Waals surface area contributed by atoms with E-state index in [-0.39, 0.29) is 19.1 Å². The predicted octanol–water partition coefficient (Wildman–Crippen LogP) is -0.398. The van der Waals surface area contributed by atoms with E-state index < -0.39 is 0 Å². The van der Waals surface area contributed by atoms with Gasteiger partial charge in [-0.2, -0.15) is 0 Å². The Bertz CT molecular complexity index is 111. The van der Waals surface area contributed by atoms with Crippen LogP contribution < -0.4 is 5.32 Å². The second-order valence-electron chi connectivity index (χ2n) is 3.24. The van der Waals surface area contributed by atoms with Crippen LogP contribution in [0.2, 0.25) is 0 Å². The topological polar surface area (TPSA) is 61.7 Å². The van der Waals surface area contributed by atoms with Gasteiger partial charge < -0.3 is 20.3 Å². The number of nitrogens with one attached hydrogen (secondary N) is 1. The van der Waals surface area contributed by atoms with Crippen molar-refractivity contribution >= 4 is 0 Å². The summed E-state index contributed by atoms with van der Waals surface area (Å²) >= 11 is 0. The SMILES string of the molecule is CC(CO)C(C)NCCOCCO. The number of rotatable bonds is 8. The summed E-state index contributed by atoms with van der Waals surface area (Å²) in [7, 11) is 0. The first-order valence-corrected chi connectivity index (χ1v) is 4.75. The minimum Gasteiger partial charge on any atom is -0.396 e. The summed E-state index contributed by atoms with van der Waals surface area (Å²) in [5.74, 6) is 0.262. The molecule has 0 aliphatic rings. The normalized spacial score (nSPS) is 15.7. The summed E-state index contributed by atoms with van der Waals surface area (Å²) in [6, 6.07) is 0.294. The molecule has 0 fully saturated rings. The van der Waals surface area contributed by atoms with Gasteiger partial charge in [0, 0.05) is 19.2 Å². The first kappa shape index (κ1) is 12.8. The molecule has 2 atom stereocenters. The van der Waals surface area contributed by atoms with E-state index in [1.807, 2.05) is 13.8 Å². The Morgan fingerprint density at radius 2 is 1.92 bits per heavy atom. The molecule has 0 spiro atoms. The molecule has 4 nitrogen and oxygen atoms in total. The van der Waals surface area contributed by atoms with Gasteiger partial charge in [0.05, 0.1) is 19.8 Å². The fourth-order valence-electron chi connectivity index (χ4n) is 0.885. The molecule has 13 heavy (non-hydrogen) atoms. The highest BCUT2D eigenvalue weighted by atomic mass is 16.5. The molecule has 80 valence electrons. The Kier molecular flexibility index (Phi) is 8.33. The van der Waals surface area contributed by atoms with Crippen molar-refractivity contribution in [2.45, 2.75) is 19.9 Å². The van der Waals surface area contributed by atoms with Crippen LogP contribution in [0.5, 0.6) is 0 Å². The Labute approximate surface area is 79.9 Å². The van der Waals surface area contributed by atoms with Gasteiger partial charge in [-0.3, -0.25) is 0 Å². The quantitative estimate of drug-likeness (QED) is 0.457. The molecule has 0 aliphatic heterocycles. The number of aliphatic hydroxyl groups is 2. The number of hydrogen-bond donors (Lipinski definition) is 3. The minimum atomic E-state index is 0.0720. The Balaban J connectivity index is 3.21. The molecular formula is C9H21NO3. The molecule has 0 aromatic rings. The molecule has 0 amide bonds. The molecule has 0 rings (SSSR count). The third-order valence-corrected chi connectivity index (χ3v) is 2.09. The number of hydrogen-bond acceptors (Lipinski definition) is 4.